The van der Waals surface area contributed by atoms with Gasteiger partial charge in [-0.05, 0) is 36.2 Å². The number of hydrogen-bond acceptors (Lipinski definition) is 5. The van der Waals surface area contributed by atoms with Gasteiger partial charge < -0.3 is 13.9 Å². The van der Waals surface area contributed by atoms with Gasteiger partial charge in [-0.3, -0.25) is 4.79 Å². The lowest BCUT2D eigenvalue weighted by Crippen LogP contribution is -2.11. The first-order valence-electron chi connectivity index (χ1n) is 6.32. The van der Waals surface area contributed by atoms with Crippen molar-refractivity contribution in [2.45, 2.75) is 12.8 Å². The van der Waals surface area contributed by atoms with Crippen molar-refractivity contribution in [3.8, 4) is 17.6 Å². The molecular formula is C16H15NO4. The second-order valence-corrected chi connectivity index (χ2v) is 4.47. The molecule has 1 aromatic heterocycles. The van der Waals surface area contributed by atoms with E-state index in [-0.39, 0.29) is 11.5 Å². The number of benzene rings is 1. The minimum absolute atomic E-state index is 0.205. The maximum atomic E-state index is 12.4. The first-order valence-corrected chi connectivity index (χ1v) is 6.32. The molecule has 0 saturated heterocycles. The number of nitriles is 1. The molecule has 5 nitrogen and oxygen atoms in total. The number of Topliss-reactive ketones (excluding diaryl/α,β-unsaturated/α-hetero) is 1. The summed E-state index contributed by atoms with van der Waals surface area (Å²) in [6.45, 7) is 1.76. The second kappa shape index (κ2) is 6.14. The number of hydrogen-bond donors (Lipinski definition) is 0. The lowest BCUT2D eigenvalue weighted by atomic mass is 9.93. The molecule has 0 fully saturated rings. The van der Waals surface area contributed by atoms with Gasteiger partial charge in [0.15, 0.2) is 17.3 Å². The van der Waals surface area contributed by atoms with E-state index in [1.54, 1.807) is 31.2 Å². The summed E-state index contributed by atoms with van der Waals surface area (Å²) < 4.78 is 15.5. The average molecular weight is 285 g/mol. The van der Waals surface area contributed by atoms with Gasteiger partial charge in [-0.1, -0.05) is 6.07 Å². The Hall–Kier alpha value is -2.74. The molecule has 1 unspecified atom stereocenters. The van der Waals surface area contributed by atoms with Gasteiger partial charge in [-0.15, -0.1) is 0 Å². The summed E-state index contributed by atoms with van der Waals surface area (Å²) in [5, 5.41) is 9.35. The zero-order chi connectivity index (χ0) is 15.4. The third kappa shape index (κ3) is 2.75. The molecule has 21 heavy (non-hydrogen) atoms. The van der Waals surface area contributed by atoms with E-state index in [1.165, 1.54) is 20.5 Å². The molecule has 1 atom stereocenters. The highest BCUT2D eigenvalue weighted by Crippen LogP contribution is 2.32. The Balaban J connectivity index is 2.41. The van der Waals surface area contributed by atoms with E-state index in [0.29, 0.717) is 22.6 Å². The summed E-state index contributed by atoms with van der Waals surface area (Å²) in [5.74, 6) is -0.100. The number of ketones is 1. The molecule has 0 spiro atoms. The number of rotatable bonds is 5. The normalized spacial score (nSPS) is 11.5. The summed E-state index contributed by atoms with van der Waals surface area (Å²) in [7, 11) is 3.03. The summed E-state index contributed by atoms with van der Waals surface area (Å²) in [6, 6.07) is 8.67. The fourth-order valence-electron chi connectivity index (χ4n) is 2.07. The molecule has 1 heterocycles. The Morgan fingerprint density at radius 2 is 1.95 bits per heavy atom. The molecule has 0 radical (unpaired) electrons. The summed E-state index contributed by atoms with van der Waals surface area (Å²) >= 11 is 0. The number of carbonyl (C=O) groups is 1. The van der Waals surface area contributed by atoms with Crippen LogP contribution in [0.3, 0.4) is 0 Å². The zero-order valence-corrected chi connectivity index (χ0v) is 12.0. The van der Waals surface area contributed by atoms with Gasteiger partial charge >= 0.3 is 0 Å². The van der Waals surface area contributed by atoms with Crippen LogP contribution >= 0.6 is 0 Å². The summed E-state index contributed by atoms with van der Waals surface area (Å²) in [4.78, 5) is 12.4. The van der Waals surface area contributed by atoms with Crippen LogP contribution < -0.4 is 9.47 Å². The predicted octanol–water partition coefficient (Wildman–Crippen LogP) is 3.10. The van der Waals surface area contributed by atoms with E-state index < -0.39 is 5.92 Å². The van der Waals surface area contributed by atoms with Crippen molar-refractivity contribution < 1.29 is 18.7 Å². The molecule has 108 valence electrons. The van der Waals surface area contributed by atoms with Crippen LogP contribution in [0.1, 0.15) is 27.6 Å². The van der Waals surface area contributed by atoms with E-state index in [9.17, 15) is 10.1 Å². The molecule has 0 aliphatic rings. The van der Waals surface area contributed by atoms with Crippen molar-refractivity contribution in [2.24, 2.45) is 0 Å². The summed E-state index contributed by atoms with van der Waals surface area (Å²) in [6.07, 6.45) is 1.44. The van der Waals surface area contributed by atoms with Gasteiger partial charge in [0.1, 0.15) is 5.92 Å². The van der Waals surface area contributed by atoms with Gasteiger partial charge in [0, 0.05) is 0 Å². The number of nitrogens with zero attached hydrogens (tertiary/aromatic N) is 1. The van der Waals surface area contributed by atoms with E-state index >= 15 is 0 Å². The van der Waals surface area contributed by atoms with E-state index in [0.717, 1.165) is 0 Å². The number of aryl methyl sites for hydroxylation is 1. The minimum atomic E-state index is -0.949. The Bertz CT molecular complexity index is 697. The first kappa shape index (κ1) is 14.7. The molecule has 0 aliphatic heterocycles. The fourth-order valence-corrected chi connectivity index (χ4v) is 2.07. The number of furan rings is 1. The van der Waals surface area contributed by atoms with Crippen LogP contribution in [0.15, 0.2) is 34.9 Å². The smallest absolute Gasteiger partial charge is 0.219 e. The molecule has 2 rings (SSSR count). The fraction of sp³-hybridized carbons (Fsp3) is 0.250. The van der Waals surface area contributed by atoms with Gasteiger partial charge in [-0.25, -0.2) is 0 Å². The molecule has 0 amide bonds. The Morgan fingerprint density at radius 3 is 2.48 bits per heavy atom. The molecule has 0 bridgehead atoms. The van der Waals surface area contributed by atoms with E-state index in [2.05, 4.69) is 0 Å². The van der Waals surface area contributed by atoms with Gasteiger partial charge in [0.2, 0.25) is 5.78 Å². The van der Waals surface area contributed by atoms with E-state index in [4.69, 9.17) is 13.9 Å². The average Bonchev–Trinajstić information content (AvgIpc) is 2.93. The second-order valence-electron chi connectivity index (χ2n) is 4.47. The minimum Gasteiger partial charge on any atom is -0.493 e. The topological polar surface area (TPSA) is 72.5 Å². The van der Waals surface area contributed by atoms with E-state index in [1.807, 2.05) is 6.07 Å². The lowest BCUT2D eigenvalue weighted by Gasteiger charge is -2.12. The zero-order valence-electron chi connectivity index (χ0n) is 12.0. The third-order valence-electron chi connectivity index (χ3n) is 3.22. The van der Waals surface area contributed by atoms with Crippen molar-refractivity contribution in [3.63, 3.8) is 0 Å². The largest absolute Gasteiger partial charge is 0.493 e. The van der Waals surface area contributed by atoms with Crippen LogP contribution in [-0.4, -0.2) is 20.0 Å². The maximum Gasteiger partial charge on any atom is 0.219 e. The Kier molecular flexibility index (Phi) is 4.29. The maximum absolute atomic E-state index is 12.4. The van der Waals surface area contributed by atoms with Gasteiger partial charge in [-0.2, -0.15) is 5.26 Å². The SMILES string of the molecule is COc1ccc(C(C#N)C(=O)c2occc2C)cc1OC. The summed E-state index contributed by atoms with van der Waals surface area (Å²) in [5.41, 5.74) is 1.25. The van der Waals surface area contributed by atoms with Crippen LogP contribution in [0.5, 0.6) is 11.5 Å². The third-order valence-corrected chi connectivity index (χ3v) is 3.22. The van der Waals surface area contributed by atoms with Crippen molar-refractivity contribution in [1.29, 1.82) is 5.26 Å². The highest BCUT2D eigenvalue weighted by atomic mass is 16.5. The molecule has 0 saturated carbocycles. The molecule has 0 N–H and O–H groups in total. The molecule has 2 aromatic rings. The van der Waals surface area contributed by atoms with Gasteiger partial charge in [0.05, 0.1) is 26.6 Å². The highest BCUT2D eigenvalue weighted by molar-refractivity contribution is 6.01. The van der Waals surface area contributed by atoms with Crippen molar-refractivity contribution in [1.82, 2.24) is 0 Å². The molecule has 1 aromatic carbocycles. The molecular weight excluding hydrogens is 270 g/mol. The number of carbonyl (C=O) groups excluding carboxylic acids is 1. The van der Waals surface area contributed by atoms with Crippen LogP contribution in [0.2, 0.25) is 0 Å². The molecule has 0 aliphatic carbocycles. The monoisotopic (exact) mass is 285 g/mol. The van der Waals surface area contributed by atoms with Crippen LogP contribution in [0.4, 0.5) is 0 Å². The van der Waals surface area contributed by atoms with Gasteiger partial charge in [0.25, 0.3) is 0 Å². The Morgan fingerprint density at radius 1 is 1.24 bits per heavy atom. The molecule has 5 heteroatoms. The predicted molar refractivity (Wildman–Crippen MR) is 75.7 cm³/mol. The van der Waals surface area contributed by atoms with Crippen molar-refractivity contribution >= 4 is 5.78 Å². The van der Waals surface area contributed by atoms with Crippen LogP contribution in [0, 0.1) is 18.3 Å². The quantitative estimate of drug-likeness (QED) is 0.789. The number of methoxy groups -OCH3 is 2. The highest BCUT2D eigenvalue weighted by Gasteiger charge is 2.26. The van der Waals surface area contributed by atoms with Crippen LogP contribution in [-0.2, 0) is 0 Å². The lowest BCUT2D eigenvalue weighted by molar-refractivity contribution is 0.0951. The van der Waals surface area contributed by atoms with Crippen molar-refractivity contribution in [2.75, 3.05) is 14.2 Å². The van der Waals surface area contributed by atoms with Crippen molar-refractivity contribution in [3.05, 3.63) is 47.4 Å². The number of ether oxygens (including phenoxy) is 2. The Labute approximate surface area is 122 Å². The van der Waals surface area contributed by atoms with Crippen LogP contribution in [0.25, 0.3) is 0 Å². The first-order chi connectivity index (χ1) is 10.1. The standard InChI is InChI=1S/C16H15NO4/c1-10-6-7-21-16(10)15(18)12(9-17)11-4-5-13(19-2)14(8-11)20-3/h4-8,12H,1-3H3.